The molecule has 0 saturated heterocycles. The molecule has 1 amide bonds. The third kappa shape index (κ3) is 8.58. The second kappa shape index (κ2) is 15.0. The fourth-order valence-corrected chi connectivity index (χ4v) is 5.75. The van der Waals surface area contributed by atoms with E-state index in [1.54, 1.807) is 18.3 Å². The molecule has 0 bridgehead atoms. The predicted octanol–water partition coefficient (Wildman–Crippen LogP) is 3.44. The number of amides is 1. The van der Waals surface area contributed by atoms with Crippen LogP contribution in [-0.2, 0) is 32.6 Å². The van der Waals surface area contributed by atoms with Gasteiger partial charge in [-0.15, -0.1) is 0 Å². The minimum atomic E-state index is -3.47. The van der Waals surface area contributed by atoms with Crippen molar-refractivity contribution >= 4 is 78.3 Å². The fourth-order valence-electron chi connectivity index (χ4n) is 4.75. The first kappa shape index (κ1) is 34.8. The van der Waals surface area contributed by atoms with Gasteiger partial charge in [-0.05, 0) is 75.2 Å². The number of aliphatic imine (C=N–C) groups is 1. The van der Waals surface area contributed by atoms with E-state index >= 15 is 0 Å². The number of H-pyrrole nitrogens is 1. The Balaban J connectivity index is 1.87. The molecular formula is C29H34ClN8O6S2-. The molecule has 17 heteroatoms. The molecule has 14 nitrogen and oxygen atoms in total. The molecular weight excluding hydrogens is 656 g/mol. The molecule has 2 aromatic heterocycles. The van der Waals surface area contributed by atoms with Crippen molar-refractivity contribution in [1.82, 2.24) is 19.3 Å². The maximum atomic E-state index is 14.1. The van der Waals surface area contributed by atoms with Crippen molar-refractivity contribution in [3.63, 3.8) is 0 Å². The standard InChI is InChI=1S/C29H35ClN8O6S2/c1-5-37(6-2)20-9-11-23(18(3)16-20)33-25(28(39)34-24-17-19(36-45(41)42)8-10-22(24)30)27-35-26-21(12-14-31-26)29(40)38(27)15-7-13-32-46(4,43)44/h8-12,14,16-17,31-32,36H,5-7,13,15H2,1-4H3,(H,34,39)(H,41,42)/p-1. The number of aryl methyl sites for hydroxylation is 1. The highest BCUT2D eigenvalue weighted by Gasteiger charge is 2.24. The number of hydrogen-bond donors (Lipinski definition) is 4. The van der Waals surface area contributed by atoms with Crippen LogP contribution in [0.1, 0.15) is 31.7 Å². The average Bonchev–Trinajstić information content (AvgIpc) is 3.46. The van der Waals surface area contributed by atoms with Crippen molar-refractivity contribution in [2.75, 3.05) is 40.8 Å². The molecule has 1 atom stereocenters. The van der Waals surface area contributed by atoms with Crippen LogP contribution >= 0.6 is 11.6 Å². The van der Waals surface area contributed by atoms with E-state index in [-0.39, 0.29) is 58.5 Å². The molecule has 1 unspecified atom stereocenters. The third-order valence-corrected chi connectivity index (χ3v) is 8.44. The summed E-state index contributed by atoms with van der Waals surface area (Å²) in [6.07, 6.45) is 2.78. The van der Waals surface area contributed by atoms with E-state index in [9.17, 15) is 26.8 Å². The van der Waals surface area contributed by atoms with Gasteiger partial charge in [0.05, 0.1) is 28.0 Å². The number of nitrogens with zero attached hydrogens (tertiary/aromatic N) is 4. The number of aromatic amines is 1. The normalized spacial score (nSPS) is 12.7. The number of halogens is 1. The van der Waals surface area contributed by atoms with Crippen LogP contribution in [0.25, 0.3) is 11.0 Å². The van der Waals surface area contributed by atoms with Crippen molar-refractivity contribution in [2.24, 2.45) is 4.99 Å². The van der Waals surface area contributed by atoms with E-state index in [0.717, 1.165) is 30.6 Å². The summed E-state index contributed by atoms with van der Waals surface area (Å²) in [5.74, 6) is -0.856. The van der Waals surface area contributed by atoms with Crippen LogP contribution in [0.4, 0.5) is 22.7 Å². The molecule has 0 aliphatic carbocycles. The van der Waals surface area contributed by atoms with Gasteiger partial charge in [0.25, 0.3) is 11.5 Å². The van der Waals surface area contributed by atoms with E-state index in [1.807, 2.05) is 32.9 Å². The highest BCUT2D eigenvalue weighted by molar-refractivity contribution is 7.88. The van der Waals surface area contributed by atoms with Crippen molar-refractivity contribution in [2.45, 2.75) is 33.7 Å². The largest absolute Gasteiger partial charge is 0.755 e. The van der Waals surface area contributed by atoms with Gasteiger partial charge in [-0.1, -0.05) is 11.6 Å². The first-order valence-corrected chi connectivity index (χ1v) is 17.6. The first-order chi connectivity index (χ1) is 21.8. The van der Waals surface area contributed by atoms with E-state index < -0.39 is 32.8 Å². The number of benzene rings is 2. The van der Waals surface area contributed by atoms with Crippen molar-refractivity contribution in [3.05, 3.63) is 75.4 Å². The number of aromatic nitrogens is 3. The van der Waals surface area contributed by atoms with Gasteiger partial charge >= 0.3 is 0 Å². The summed E-state index contributed by atoms with van der Waals surface area (Å²) in [6.45, 7) is 7.57. The fraction of sp³-hybridized carbons (Fsp3) is 0.310. The predicted molar refractivity (Wildman–Crippen MR) is 181 cm³/mol. The molecule has 0 radical (unpaired) electrons. The maximum absolute atomic E-state index is 14.1. The lowest BCUT2D eigenvalue weighted by molar-refractivity contribution is -0.110. The monoisotopic (exact) mass is 689 g/mol. The smallest absolute Gasteiger partial charge is 0.278 e. The zero-order valence-corrected chi connectivity index (χ0v) is 28.0. The van der Waals surface area contributed by atoms with Crippen LogP contribution in [0.2, 0.25) is 5.02 Å². The lowest BCUT2D eigenvalue weighted by atomic mass is 10.1. The van der Waals surface area contributed by atoms with Gasteiger partial charge in [-0.3, -0.25) is 18.4 Å². The lowest BCUT2D eigenvalue weighted by Gasteiger charge is -2.22. The maximum Gasteiger partial charge on any atom is 0.278 e. The first-order valence-electron chi connectivity index (χ1n) is 14.2. The molecule has 4 rings (SSSR count). The number of sulfonamides is 1. The van der Waals surface area contributed by atoms with Gasteiger partial charge in [0.15, 0.2) is 11.5 Å². The number of nitrogens with one attached hydrogen (secondary N) is 4. The number of carbonyl (C=O) groups is 1. The Morgan fingerprint density at radius 3 is 2.57 bits per heavy atom. The number of anilines is 3. The minimum Gasteiger partial charge on any atom is -0.755 e. The molecule has 0 saturated carbocycles. The molecule has 0 spiro atoms. The molecule has 4 aromatic rings. The van der Waals surface area contributed by atoms with Crippen LogP contribution in [0, 0.1) is 6.92 Å². The van der Waals surface area contributed by atoms with Gasteiger partial charge in [0.2, 0.25) is 10.0 Å². The Labute approximate surface area is 273 Å². The highest BCUT2D eigenvalue weighted by Crippen LogP contribution is 2.28. The van der Waals surface area contributed by atoms with Crippen LogP contribution in [0.3, 0.4) is 0 Å². The van der Waals surface area contributed by atoms with E-state index in [2.05, 4.69) is 29.6 Å². The van der Waals surface area contributed by atoms with Crippen LogP contribution < -0.4 is 25.2 Å². The molecule has 0 aliphatic heterocycles. The second-order valence-electron chi connectivity index (χ2n) is 10.2. The SMILES string of the molecule is CCN(CC)c1ccc(N=C(C(=O)Nc2cc(NS(=O)[O-])ccc2Cl)c2nc3[nH]ccc3c(=O)n2CCCNS(C)(=O)=O)c(C)c1. The van der Waals surface area contributed by atoms with Gasteiger partial charge in [-0.2, -0.15) is 0 Å². The topological polar surface area (TPSA) is 194 Å². The van der Waals surface area contributed by atoms with Crippen molar-refractivity contribution in [1.29, 1.82) is 0 Å². The van der Waals surface area contributed by atoms with Crippen LogP contribution in [0.15, 0.2) is 58.4 Å². The van der Waals surface area contributed by atoms with Crippen LogP contribution in [0.5, 0.6) is 0 Å². The van der Waals surface area contributed by atoms with Crippen molar-refractivity contribution in [3.8, 4) is 0 Å². The molecule has 2 aromatic carbocycles. The van der Waals surface area contributed by atoms with E-state index in [4.69, 9.17) is 16.6 Å². The Morgan fingerprint density at radius 1 is 1.17 bits per heavy atom. The van der Waals surface area contributed by atoms with Gasteiger partial charge < -0.3 is 24.5 Å². The Bertz CT molecular complexity index is 1970. The molecule has 46 heavy (non-hydrogen) atoms. The van der Waals surface area contributed by atoms with Crippen molar-refractivity contribution < 1.29 is 22.0 Å². The Hall–Kier alpha value is -4.09. The zero-order valence-electron chi connectivity index (χ0n) is 25.6. The second-order valence-corrected chi connectivity index (χ2v) is 13.2. The Morgan fingerprint density at radius 2 is 1.91 bits per heavy atom. The zero-order chi connectivity index (χ0) is 33.6. The van der Waals surface area contributed by atoms with Gasteiger partial charge in [0.1, 0.15) is 5.65 Å². The number of hydrogen-bond acceptors (Lipinski definition) is 9. The summed E-state index contributed by atoms with van der Waals surface area (Å²) in [4.78, 5) is 42.1. The summed E-state index contributed by atoms with van der Waals surface area (Å²) in [6, 6.07) is 11.3. The molecule has 2 heterocycles. The summed E-state index contributed by atoms with van der Waals surface area (Å²) < 4.78 is 51.5. The van der Waals surface area contributed by atoms with Gasteiger partial charge in [0, 0.05) is 55.0 Å². The number of carbonyl (C=O) groups excluding carboxylic acids is 1. The summed E-state index contributed by atoms with van der Waals surface area (Å²) in [7, 11) is -3.47. The molecule has 246 valence electrons. The molecule has 4 N–H and O–H groups in total. The molecule has 0 aliphatic rings. The van der Waals surface area contributed by atoms with Gasteiger partial charge in [-0.25, -0.2) is 23.1 Å². The van der Waals surface area contributed by atoms with E-state index in [1.165, 1.54) is 22.8 Å². The van der Waals surface area contributed by atoms with E-state index in [0.29, 0.717) is 5.69 Å². The molecule has 0 fully saturated rings. The average molecular weight is 690 g/mol. The third-order valence-electron chi connectivity index (χ3n) is 6.98. The summed E-state index contributed by atoms with van der Waals surface area (Å²) >= 11 is 3.73. The quantitative estimate of drug-likeness (QED) is 0.0878. The summed E-state index contributed by atoms with van der Waals surface area (Å²) in [5.41, 5.74) is 1.93. The minimum absolute atomic E-state index is 0.00641. The lowest BCUT2D eigenvalue weighted by Crippen LogP contribution is -2.34. The number of fused-ring (bicyclic) bond motifs is 1. The Kier molecular flexibility index (Phi) is 11.3. The number of rotatable bonds is 14. The summed E-state index contributed by atoms with van der Waals surface area (Å²) in [5, 5.41) is 3.07. The highest BCUT2D eigenvalue weighted by atomic mass is 35.5. The van der Waals surface area contributed by atoms with Crippen LogP contribution in [-0.4, -0.2) is 69.2 Å².